The van der Waals surface area contributed by atoms with E-state index < -0.39 is 0 Å². The number of aromatic amines is 1. The molecule has 0 spiro atoms. The highest BCUT2D eigenvalue weighted by molar-refractivity contribution is 6.30. The molecule has 1 aliphatic heterocycles. The summed E-state index contributed by atoms with van der Waals surface area (Å²) in [5.74, 6) is 0.780. The third-order valence-corrected chi connectivity index (χ3v) is 5.47. The van der Waals surface area contributed by atoms with Crippen molar-refractivity contribution in [1.29, 1.82) is 0 Å². The van der Waals surface area contributed by atoms with Crippen molar-refractivity contribution in [3.05, 3.63) is 58.1 Å². The second-order valence-electron chi connectivity index (χ2n) is 7.03. The maximum Gasteiger partial charge on any atom is 0.318 e. The molecule has 28 heavy (non-hydrogen) atoms. The molecule has 1 fully saturated rings. The molecule has 1 atom stereocenters. The fraction of sp³-hybridized carbons (Fsp3) is 0.350. The summed E-state index contributed by atoms with van der Waals surface area (Å²) in [5.41, 5.74) is 4.64. The van der Waals surface area contributed by atoms with E-state index in [1.807, 2.05) is 43.0 Å². The zero-order chi connectivity index (χ0) is 19.7. The summed E-state index contributed by atoms with van der Waals surface area (Å²) >= 11 is 5.97. The molecule has 0 saturated carbocycles. The predicted octanol–water partition coefficient (Wildman–Crippen LogP) is 4.38. The number of benzene rings is 1. The van der Waals surface area contributed by atoms with Gasteiger partial charge in [-0.15, -0.1) is 0 Å². The van der Waals surface area contributed by atoms with Crippen LogP contribution in [0.15, 0.2) is 35.0 Å². The van der Waals surface area contributed by atoms with E-state index in [9.17, 15) is 4.79 Å². The van der Waals surface area contributed by atoms with Gasteiger partial charge in [-0.1, -0.05) is 28.9 Å². The standard InChI is InChI=1S/C20H22ClN5O2/c1-12-18(13(2)28-25-12)17-4-3-9-26(17)20(27)22-10-15-11-23-24-19(15)14-5-7-16(21)8-6-14/h5-8,11,17H,3-4,9-10H2,1-2H3,(H,22,27)(H,23,24)/t17-/m1/s1. The minimum atomic E-state index is -0.0919. The highest BCUT2D eigenvalue weighted by Crippen LogP contribution is 2.35. The van der Waals surface area contributed by atoms with Crippen LogP contribution in [0.3, 0.4) is 0 Å². The minimum Gasteiger partial charge on any atom is -0.361 e. The number of aryl methyl sites for hydroxylation is 2. The minimum absolute atomic E-state index is 0.00587. The number of hydrogen-bond donors (Lipinski definition) is 2. The van der Waals surface area contributed by atoms with E-state index in [0.717, 1.165) is 53.2 Å². The number of urea groups is 1. The average molecular weight is 400 g/mol. The van der Waals surface area contributed by atoms with Gasteiger partial charge in [-0.3, -0.25) is 5.10 Å². The van der Waals surface area contributed by atoms with Gasteiger partial charge in [0.15, 0.2) is 0 Å². The van der Waals surface area contributed by atoms with Crippen LogP contribution in [-0.4, -0.2) is 32.8 Å². The number of amides is 2. The third kappa shape index (κ3) is 3.49. The summed E-state index contributed by atoms with van der Waals surface area (Å²) in [4.78, 5) is 14.7. The Labute approximate surface area is 168 Å². The molecule has 2 amide bonds. The monoisotopic (exact) mass is 399 g/mol. The number of rotatable bonds is 4. The van der Waals surface area contributed by atoms with Crippen LogP contribution in [0.25, 0.3) is 11.3 Å². The lowest BCUT2D eigenvalue weighted by Crippen LogP contribution is -2.39. The Morgan fingerprint density at radius 3 is 2.86 bits per heavy atom. The normalized spacial score (nSPS) is 16.5. The van der Waals surface area contributed by atoms with Gasteiger partial charge >= 0.3 is 6.03 Å². The van der Waals surface area contributed by atoms with Crippen molar-refractivity contribution >= 4 is 17.6 Å². The Hall–Kier alpha value is -2.80. The van der Waals surface area contributed by atoms with Crippen LogP contribution in [-0.2, 0) is 6.54 Å². The van der Waals surface area contributed by atoms with Crippen LogP contribution < -0.4 is 5.32 Å². The van der Waals surface area contributed by atoms with Crippen LogP contribution in [0, 0.1) is 13.8 Å². The maximum absolute atomic E-state index is 12.9. The number of likely N-dealkylation sites (tertiary alicyclic amines) is 1. The summed E-state index contributed by atoms with van der Waals surface area (Å²) in [6, 6.07) is 7.43. The van der Waals surface area contributed by atoms with Gasteiger partial charge in [-0.05, 0) is 44.4 Å². The SMILES string of the molecule is Cc1noc(C)c1[C@H]1CCCN1C(=O)NCc1cn[nH]c1-c1ccc(Cl)cc1. The molecule has 2 aromatic heterocycles. The molecule has 4 rings (SSSR count). The second kappa shape index (κ2) is 7.67. The molecule has 2 N–H and O–H groups in total. The van der Waals surface area contributed by atoms with Crippen LogP contribution in [0.5, 0.6) is 0 Å². The van der Waals surface area contributed by atoms with Crippen molar-refractivity contribution in [2.45, 2.75) is 39.3 Å². The van der Waals surface area contributed by atoms with Crippen LogP contribution >= 0.6 is 11.6 Å². The third-order valence-electron chi connectivity index (χ3n) is 5.22. The highest BCUT2D eigenvalue weighted by atomic mass is 35.5. The fourth-order valence-corrected chi connectivity index (χ4v) is 3.99. The van der Waals surface area contributed by atoms with E-state index in [2.05, 4.69) is 20.7 Å². The Kier molecular flexibility index (Phi) is 5.09. The number of carbonyl (C=O) groups excluding carboxylic acids is 1. The molecular weight excluding hydrogens is 378 g/mol. The largest absolute Gasteiger partial charge is 0.361 e. The van der Waals surface area contributed by atoms with Gasteiger partial charge < -0.3 is 14.7 Å². The van der Waals surface area contributed by atoms with E-state index in [-0.39, 0.29) is 12.1 Å². The zero-order valence-electron chi connectivity index (χ0n) is 15.8. The molecule has 1 saturated heterocycles. The van der Waals surface area contributed by atoms with E-state index in [0.29, 0.717) is 11.6 Å². The molecular formula is C20H22ClN5O2. The van der Waals surface area contributed by atoms with E-state index in [1.165, 1.54) is 0 Å². The van der Waals surface area contributed by atoms with Gasteiger partial charge in [0.25, 0.3) is 0 Å². The first kappa shape index (κ1) is 18.6. The molecule has 1 aromatic carbocycles. The van der Waals surface area contributed by atoms with Crippen molar-refractivity contribution in [3.8, 4) is 11.3 Å². The van der Waals surface area contributed by atoms with Crippen molar-refractivity contribution in [2.75, 3.05) is 6.54 Å². The maximum atomic E-state index is 12.9. The molecule has 0 unspecified atom stereocenters. The molecule has 0 bridgehead atoms. The number of halogens is 1. The smallest absolute Gasteiger partial charge is 0.318 e. The summed E-state index contributed by atoms with van der Waals surface area (Å²) in [6.07, 6.45) is 3.61. The van der Waals surface area contributed by atoms with Gasteiger partial charge in [0.1, 0.15) is 5.76 Å². The number of hydrogen-bond acceptors (Lipinski definition) is 4. The van der Waals surface area contributed by atoms with Crippen molar-refractivity contribution < 1.29 is 9.32 Å². The van der Waals surface area contributed by atoms with Gasteiger partial charge in [-0.2, -0.15) is 5.10 Å². The lowest BCUT2D eigenvalue weighted by molar-refractivity contribution is 0.192. The quantitative estimate of drug-likeness (QED) is 0.681. The van der Waals surface area contributed by atoms with Crippen molar-refractivity contribution in [2.24, 2.45) is 0 Å². The topological polar surface area (TPSA) is 87.1 Å². The van der Waals surface area contributed by atoms with Gasteiger partial charge in [-0.25, -0.2) is 4.79 Å². The predicted molar refractivity (Wildman–Crippen MR) is 106 cm³/mol. The first-order chi connectivity index (χ1) is 13.5. The van der Waals surface area contributed by atoms with Crippen molar-refractivity contribution in [1.82, 2.24) is 25.6 Å². The number of aromatic nitrogens is 3. The fourth-order valence-electron chi connectivity index (χ4n) is 3.86. The molecule has 3 aromatic rings. The zero-order valence-corrected chi connectivity index (χ0v) is 16.6. The number of carbonyl (C=O) groups is 1. The summed E-state index contributed by atoms with van der Waals surface area (Å²) in [5, 5.41) is 14.9. The molecule has 146 valence electrons. The number of H-pyrrole nitrogens is 1. The van der Waals surface area contributed by atoms with Gasteiger partial charge in [0, 0.05) is 29.2 Å². The van der Waals surface area contributed by atoms with E-state index in [4.69, 9.17) is 16.1 Å². The summed E-state index contributed by atoms with van der Waals surface area (Å²) in [6.45, 7) is 4.92. The first-order valence-electron chi connectivity index (χ1n) is 9.30. The number of nitrogens with zero attached hydrogens (tertiary/aromatic N) is 3. The summed E-state index contributed by atoms with van der Waals surface area (Å²) in [7, 11) is 0. The van der Waals surface area contributed by atoms with Crippen LogP contribution in [0.4, 0.5) is 4.79 Å². The first-order valence-corrected chi connectivity index (χ1v) is 9.68. The Morgan fingerprint density at radius 1 is 1.36 bits per heavy atom. The Morgan fingerprint density at radius 2 is 2.14 bits per heavy atom. The second-order valence-corrected chi connectivity index (χ2v) is 7.46. The van der Waals surface area contributed by atoms with Crippen molar-refractivity contribution in [3.63, 3.8) is 0 Å². The van der Waals surface area contributed by atoms with Crippen LogP contribution in [0.1, 0.15) is 41.5 Å². The molecule has 0 aliphatic carbocycles. The highest BCUT2D eigenvalue weighted by Gasteiger charge is 2.33. The van der Waals surface area contributed by atoms with E-state index >= 15 is 0 Å². The summed E-state index contributed by atoms with van der Waals surface area (Å²) < 4.78 is 5.30. The molecule has 7 nitrogen and oxygen atoms in total. The molecule has 0 radical (unpaired) electrons. The Balaban J connectivity index is 1.47. The molecule has 1 aliphatic rings. The van der Waals surface area contributed by atoms with Gasteiger partial charge in [0.2, 0.25) is 0 Å². The lowest BCUT2D eigenvalue weighted by Gasteiger charge is -2.25. The molecule has 3 heterocycles. The lowest BCUT2D eigenvalue weighted by atomic mass is 10.0. The van der Waals surface area contributed by atoms with E-state index in [1.54, 1.807) is 6.20 Å². The average Bonchev–Trinajstić information content (AvgIpc) is 3.41. The number of nitrogens with one attached hydrogen (secondary N) is 2. The molecule has 8 heteroatoms. The van der Waals surface area contributed by atoms with Crippen LogP contribution in [0.2, 0.25) is 5.02 Å². The van der Waals surface area contributed by atoms with Gasteiger partial charge in [0.05, 0.1) is 23.6 Å². The Bertz CT molecular complexity index is 959.